The number of nitriles is 2. The van der Waals surface area contributed by atoms with Gasteiger partial charge in [0.05, 0.1) is 55.1 Å². The van der Waals surface area contributed by atoms with Gasteiger partial charge in [0.1, 0.15) is 0 Å². The molecule has 0 amide bonds. The number of nitrogens with one attached hydrogen (secondary N) is 1. The average molecular weight is 441 g/mol. The van der Waals surface area contributed by atoms with Crippen LogP contribution in [0.25, 0.3) is 11.3 Å². The lowest BCUT2D eigenvalue weighted by molar-refractivity contribution is 0.118. The lowest BCUT2D eigenvalue weighted by Crippen LogP contribution is -2.37. The second-order valence-electron chi connectivity index (χ2n) is 8.53. The number of aromatic nitrogens is 4. The number of hydrogen-bond acceptors (Lipinski definition) is 8. The summed E-state index contributed by atoms with van der Waals surface area (Å²) in [5, 5.41) is 26.1. The SMILES string of the molecule is N#CCC1(C#N)CC(n2cc(-c3ccnc(Nc4ccc(N5CCOCC5)cc4)n3)cn2)C1. The van der Waals surface area contributed by atoms with Crippen LogP contribution in [0.3, 0.4) is 0 Å². The Bertz CT molecular complexity index is 1190. The first-order chi connectivity index (χ1) is 16.2. The van der Waals surface area contributed by atoms with Gasteiger partial charge in [-0.1, -0.05) is 0 Å². The number of ether oxygens (including phenoxy) is 1. The minimum absolute atomic E-state index is 0.135. The fraction of sp³-hybridized carbons (Fsp3) is 0.375. The van der Waals surface area contributed by atoms with E-state index in [1.165, 1.54) is 5.69 Å². The van der Waals surface area contributed by atoms with Crippen molar-refractivity contribution in [3.05, 3.63) is 48.9 Å². The van der Waals surface area contributed by atoms with Crippen molar-refractivity contribution in [2.75, 3.05) is 36.5 Å². The van der Waals surface area contributed by atoms with E-state index in [9.17, 15) is 5.26 Å². The third-order valence-electron chi connectivity index (χ3n) is 6.33. The first kappa shape index (κ1) is 20.9. The van der Waals surface area contributed by atoms with Crippen LogP contribution in [0, 0.1) is 28.1 Å². The quantitative estimate of drug-likeness (QED) is 0.617. The van der Waals surface area contributed by atoms with Crippen LogP contribution >= 0.6 is 0 Å². The highest BCUT2D eigenvalue weighted by atomic mass is 16.5. The van der Waals surface area contributed by atoms with Crippen molar-refractivity contribution in [3.63, 3.8) is 0 Å². The molecule has 3 heterocycles. The van der Waals surface area contributed by atoms with Crippen LogP contribution in [0.4, 0.5) is 17.3 Å². The molecule has 0 bridgehead atoms. The third kappa shape index (κ3) is 4.36. The number of hydrogen-bond donors (Lipinski definition) is 1. The van der Waals surface area contributed by atoms with Crippen LogP contribution in [0.2, 0.25) is 0 Å². The van der Waals surface area contributed by atoms with E-state index >= 15 is 0 Å². The zero-order valence-electron chi connectivity index (χ0n) is 18.2. The molecule has 1 aliphatic carbocycles. The van der Waals surface area contributed by atoms with E-state index in [2.05, 4.69) is 49.6 Å². The summed E-state index contributed by atoms with van der Waals surface area (Å²) in [6, 6.07) is 14.7. The molecular weight excluding hydrogens is 416 g/mol. The Balaban J connectivity index is 1.25. The molecule has 0 unspecified atom stereocenters. The Kier molecular flexibility index (Phi) is 5.64. The summed E-state index contributed by atoms with van der Waals surface area (Å²) >= 11 is 0. The highest BCUT2D eigenvalue weighted by Crippen LogP contribution is 2.50. The van der Waals surface area contributed by atoms with Gasteiger partial charge in [0, 0.05) is 42.4 Å². The summed E-state index contributed by atoms with van der Waals surface area (Å²) in [6.45, 7) is 3.33. The molecule has 1 saturated carbocycles. The Morgan fingerprint density at radius 3 is 2.64 bits per heavy atom. The molecule has 33 heavy (non-hydrogen) atoms. The molecule has 0 spiro atoms. The van der Waals surface area contributed by atoms with Crippen LogP contribution in [0.1, 0.15) is 25.3 Å². The average Bonchev–Trinajstić information content (AvgIpc) is 3.32. The molecule has 1 N–H and O–H groups in total. The number of rotatable bonds is 6. The Morgan fingerprint density at radius 2 is 1.91 bits per heavy atom. The van der Waals surface area contributed by atoms with E-state index in [0.29, 0.717) is 18.8 Å². The summed E-state index contributed by atoms with van der Waals surface area (Å²) in [4.78, 5) is 11.3. The van der Waals surface area contributed by atoms with E-state index in [0.717, 1.165) is 43.2 Å². The van der Waals surface area contributed by atoms with E-state index in [1.54, 1.807) is 12.4 Å². The van der Waals surface area contributed by atoms with Gasteiger partial charge in [-0.2, -0.15) is 15.6 Å². The maximum absolute atomic E-state index is 9.39. The van der Waals surface area contributed by atoms with E-state index < -0.39 is 5.41 Å². The van der Waals surface area contributed by atoms with Crippen molar-refractivity contribution in [2.24, 2.45) is 5.41 Å². The number of anilines is 3. The Labute approximate surface area is 192 Å². The van der Waals surface area contributed by atoms with Gasteiger partial charge in [-0.15, -0.1) is 0 Å². The van der Waals surface area contributed by atoms with Crippen molar-refractivity contribution >= 4 is 17.3 Å². The molecule has 3 aromatic rings. The van der Waals surface area contributed by atoms with Crippen LogP contribution < -0.4 is 10.2 Å². The first-order valence-corrected chi connectivity index (χ1v) is 11.0. The van der Waals surface area contributed by atoms with Gasteiger partial charge >= 0.3 is 0 Å². The zero-order chi connectivity index (χ0) is 22.7. The van der Waals surface area contributed by atoms with Gasteiger partial charge < -0.3 is 15.0 Å². The fourth-order valence-corrected chi connectivity index (χ4v) is 4.41. The minimum Gasteiger partial charge on any atom is -0.378 e. The number of nitrogens with zero attached hydrogens (tertiary/aromatic N) is 7. The molecule has 9 heteroatoms. The molecule has 1 aromatic carbocycles. The molecule has 166 valence electrons. The smallest absolute Gasteiger partial charge is 0.227 e. The topological polar surface area (TPSA) is 116 Å². The van der Waals surface area contributed by atoms with Crippen LogP contribution in [-0.2, 0) is 4.74 Å². The first-order valence-electron chi connectivity index (χ1n) is 11.0. The summed E-state index contributed by atoms with van der Waals surface area (Å²) in [6.07, 6.45) is 7.01. The monoisotopic (exact) mass is 440 g/mol. The molecule has 9 nitrogen and oxygen atoms in total. The second-order valence-corrected chi connectivity index (χ2v) is 8.53. The lowest BCUT2D eigenvalue weighted by atomic mass is 9.65. The highest BCUT2D eigenvalue weighted by molar-refractivity contribution is 5.62. The van der Waals surface area contributed by atoms with Gasteiger partial charge in [0.2, 0.25) is 5.95 Å². The van der Waals surface area contributed by atoms with Gasteiger partial charge in [-0.3, -0.25) is 4.68 Å². The van der Waals surface area contributed by atoms with Crippen molar-refractivity contribution in [3.8, 4) is 23.4 Å². The molecule has 5 rings (SSSR count). The largest absolute Gasteiger partial charge is 0.378 e. The lowest BCUT2D eigenvalue weighted by Gasteiger charge is -2.41. The summed E-state index contributed by atoms with van der Waals surface area (Å²) in [7, 11) is 0. The Hall–Kier alpha value is -3.95. The number of morpholine rings is 1. The van der Waals surface area contributed by atoms with Gasteiger partial charge in [-0.25, -0.2) is 9.97 Å². The summed E-state index contributed by atoms with van der Waals surface area (Å²) < 4.78 is 7.30. The van der Waals surface area contributed by atoms with Gasteiger partial charge in [-0.05, 0) is 43.2 Å². The predicted molar refractivity (Wildman–Crippen MR) is 123 cm³/mol. The molecular formula is C24H24N8O. The number of benzene rings is 1. The minimum atomic E-state index is -0.533. The van der Waals surface area contributed by atoms with Crippen LogP contribution in [0.15, 0.2) is 48.9 Å². The second kappa shape index (κ2) is 8.89. The normalized spacial score (nSPS) is 22.1. The summed E-state index contributed by atoms with van der Waals surface area (Å²) in [5.41, 5.74) is 3.22. The Morgan fingerprint density at radius 1 is 1.12 bits per heavy atom. The fourth-order valence-electron chi connectivity index (χ4n) is 4.41. The van der Waals surface area contributed by atoms with Crippen molar-refractivity contribution < 1.29 is 4.74 Å². The zero-order valence-corrected chi connectivity index (χ0v) is 18.2. The maximum atomic E-state index is 9.39. The van der Waals surface area contributed by atoms with Gasteiger partial charge in [0.15, 0.2) is 0 Å². The molecule has 1 saturated heterocycles. The van der Waals surface area contributed by atoms with Crippen molar-refractivity contribution in [2.45, 2.75) is 25.3 Å². The van der Waals surface area contributed by atoms with Crippen molar-refractivity contribution in [1.29, 1.82) is 10.5 Å². The molecule has 0 atom stereocenters. The predicted octanol–water partition coefficient (Wildman–Crippen LogP) is 3.68. The molecule has 2 aliphatic rings. The third-order valence-corrected chi connectivity index (χ3v) is 6.33. The molecule has 1 aliphatic heterocycles. The van der Waals surface area contributed by atoms with E-state index in [4.69, 9.17) is 10.00 Å². The highest BCUT2D eigenvalue weighted by Gasteiger charge is 2.46. The van der Waals surface area contributed by atoms with E-state index in [-0.39, 0.29) is 12.5 Å². The maximum Gasteiger partial charge on any atom is 0.227 e. The molecule has 0 radical (unpaired) electrons. The molecule has 2 aromatic heterocycles. The summed E-state index contributed by atoms with van der Waals surface area (Å²) in [5.74, 6) is 0.514. The van der Waals surface area contributed by atoms with E-state index in [1.807, 2.05) is 29.1 Å². The van der Waals surface area contributed by atoms with Gasteiger partial charge in [0.25, 0.3) is 0 Å². The van der Waals surface area contributed by atoms with Crippen LogP contribution in [0.5, 0.6) is 0 Å². The van der Waals surface area contributed by atoms with Crippen LogP contribution in [-0.4, -0.2) is 46.1 Å². The molecule has 2 fully saturated rings. The standard InChI is InChI=1S/C24H24N8O/c25-7-6-24(17-26)13-21(14-24)32-16-18(15-28-32)22-5-8-27-23(30-22)29-19-1-3-20(4-2-19)31-9-11-33-12-10-31/h1-5,8,15-16,21H,6,9-14H2,(H,27,29,30). The van der Waals surface area contributed by atoms with Crippen molar-refractivity contribution in [1.82, 2.24) is 19.7 Å².